The van der Waals surface area contributed by atoms with E-state index in [2.05, 4.69) is 4.99 Å². The lowest BCUT2D eigenvalue weighted by atomic mass is 10.3. The van der Waals surface area contributed by atoms with Gasteiger partial charge in [0.25, 0.3) is 0 Å². The van der Waals surface area contributed by atoms with Crippen molar-refractivity contribution in [1.29, 1.82) is 0 Å². The molecule has 4 heteroatoms. The van der Waals surface area contributed by atoms with Crippen LogP contribution in [0.15, 0.2) is 29.3 Å². The molecule has 11 heavy (non-hydrogen) atoms. The van der Waals surface area contributed by atoms with E-state index in [1.54, 1.807) is 24.3 Å². The van der Waals surface area contributed by atoms with Gasteiger partial charge in [-0.15, -0.1) is 0 Å². The van der Waals surface area contributed by atoms with Crippen LogP contribution < -0.4 is 0 Å². The predicted molar refractivity (Wildman–Crippen MR) is 50.3 cm³/mol. The van der Waals surface area contributed by atoms with E-state index in [0.29, 0.717) is 10.7 Å². The first kappa shape index (κ1) is 8.85. The third-order valence-electron chi connectivity index (χ3n) is 1.02. The molecule has 1 nitrogen and oxygen atoms in total. The molecule has 0 unspecified atom stereocenters. The van der Waals surface area contributed by atoms with Gasteiger partial charge in [0.1, 0.15) is 0 Å². The van der Waals surface area contributed by atoms with E-state index in [0.717, 1.165) is 0 Å². The largest absolute Gasteiger partial charge is 0.225 e. The van der Waals surface area contributed by atoms with Crippen molar-refractivity contribution in [2.24, 2.45) is 4.99 Å². The van der Waals surface area contributed by atoms with E-state index in [4.69, 9.17) is 34.8 Å². The van der Waals surface area contributed by atoms with E-state index < -0.39 is 0 Å². The summed E-state index contributed by atoms with van der Waals surface area (Å²) in [5.74, 6) is 0. The molecule has 0 saturated heterocycles. The molecule has 0 bridgehead atoms. The average Bonchev–Trinajstić information content (AvgIpc) is 1.85. The first-order valence-electron chi connectivity index (χ1n) is 2.84. The number of aliphatic imine (C=N–C) groups is 1. The Balaban J connectivity index is 2.97. The molecule has 1 aromatic rings. The quantitative estimate of drug-likeness (QED) is 0.623. The molecule has 0 radical (unpaired) electrons. The molecular formula is C7H4Cl3N. The van der Waals surface area contributed by atoms with E-state index in [-0.39, 0.29) is 4.63 Å². The van der Waals surface area contributed by atoms with Crippen molar-refractivity contribution in [2.75, 3.05) is 0 Å². The van der Waals surface area contributed by atoms with Crippen LogP contribution in [0.25, 0.3) is 0 Å². The van der Waals surface area contributed by atoms with E-state index >= 15 is 0 Å². The van der Waals surface area contributed by atoms with Gasteiger partial charge in [-0.05, 0) is 41.4 Å². The van der Waals surface area contributed by atoms with Gasteiger partial charge in [-0.25, -0.2) is 4.99 Å². The Morgan fingerprint density at radius 2 is 2.00 bits per heavy atom. The molecule has 0 aliphatic carbocycles. The average molecular weight is 208 g/mol. The van der Waals surface area contributed by atoms with Crippen molar-refractivity contribution >= 4 is 45.1 Å². The molecular weight excluding hydrogens is 204 g/mol. The van der Waals surface area contributed by atoms with Gasteiger partial charge in [0.2, 0.25) is 0 Å². The van der Waals surface area contributed by atoms with Crippen LogP contribution in [0.5, 0.6) is 0 Å². The van der Waals surface area contributed by atoms with Crippen LogP contribution in [-0.2, 0) is 0 Å². The van der Waals surface area contributed by atoms with E-state index in [9.17, 15) is 0 Å². The van der Waals surface area contributed by atoms with Crippen molar-refractivity contribution in [3.8, 4) is 0 Å². The predicted octanol–water partition coefficient (Wildman–Crippen LogP) is 3.81. The number of rotatable bonds is 1. The number of halogens is 3. The summed E-state index contributed by atoms with van der Waals surface area (Å²) in [4.78, 5) is 3.78. The fourth-order valence-electron chi connectivity index (χ4n) is 0.643. The second-order valence-electron chi connectivity index (χ2n) is 1.83. The van der Waals surface area contributed by atoms with Crippen LogP contribution in [-0.4, -0.2) is 4.63 Å². The Morgan fingerprint density at radius 3 is 2.55 bits per heavy atom. The first-order chi connectivity index (χ1) is 5.18. The van der Waals surface area contributed by atoms with Gasteiger partial charge in [0.05, 0.1) is 5.69 Å². The molecule has 1 rings (SSSR count). The highest BCUT2D eigenvalue weighted by Gasteiger charge is 1.91. The summed E-state index contributed by atoms with van der Waals surface area (Å²) in [6.07, 6.45) is 0. The Kier molecular flexibility index (Phi) is 3.18. The van der Waals surface area contributed by atoms with Crippen LogP contribution in [0.2, 0.25) is 5.02 Å². The topological polar surface area (TPSA) is 12.4 Å². The van der Waals surface area contributed by atoms with Crippen LogP contribution in [0.1, 0.15) is 0 Å². The maximum atomic E-state index is 5.67. The summed E-state index contributed by atoms with van der Waals surface area (Å²) in [6, 6.07) is 6.96. The Hall–Kier alpha value is -0.240. The smallest absolute Gasteiger partial charge is 0.197 e. The fraction of sp³-hybridized carbons (Fsp3) is 0. The molecule has 0 atom stereocenters. The first-order valence-corrected chi connectivity index (χ1v) is 3.97. The molecule has 0 aliphatic rings. The van der Waals surface area contributed by atoms with Crippen LogP contribution in [0, 0.1) is 0 Å². The minimum atomic E-state index is -0.0210. The second kappa shape index (κ2) is 3.96. The molecule has 0 aromatic heterocycles. The van der Waals surface area contributed by atoms with Crippen LogP contribution in [0.4, 0.5) is 5.69 Å². The number of hydrogen-bond acceptors (Lipinski definition) is 1. The van der Waals surface area contributed by atoms with E-state index in [1.165, 1.54) is 0 Å². The van der Waals surface area contributed by atoms with Crippen molar-refractivity contribution in [1.82, 2.24) is 0 Å². The Labute approximate surface area is 79.6 Å². The normalized spacial score (nSPS) is 9.36. The van der Waals surface area contributed by atoms with Gasteiger partial charge >= 0.3 is 0 Å². The van der Waals surface area contributed by atoms with Crippen LogP contribution >= 0.6 is 34.8 Å². The van der Waals surface area contributed by atoms with Gasteiger partial charge in [-0.1, -0.05) is 17.7 Å². The lowest BCUT2D eigenvalue weighted by molar-refractivity contribution is 1.54. The SMILES string of the molecule is ClC(Cl)=Nc1cccc(Cl)c1. The molecule has 0 aliphatic heterocycles. The highest BCUT2D eigenvalue weighted by molar-refractivity contribution is 6.95. The minimum Gasteiger partial charge on any atom is -0.225 e. The fourth-order valence-corrected chi connectivity index (χ4v) is 1.02. The van der Waals surface area contributed by atoms with Gasteiger partial charge < -0.3 is 0 Å². The van der Waals surface area contributed by atoms with Crippen molar-refractivity contribution < 1.29 is 0 Å². The lowest BCUT2D eigenvalue weighted by Gasteiger charge is -1.92. The Morgan fingerprint density at radius 1 is 1.27 bits per heavy atom. The van der Waals surface area contributed by atoms with Crippen LogP contribution in [0.3, 0.4) is 0 Å². The van der Waals surface area contributed by atoms with Crippen molar-refractivity contribution in [2.45, 2.75) is 0 Å². The summed E-state index contributed by atoms with van der Waals surface area (Å²) >= 11 is 16.3. The third kappa shape index (κ3) is 3.10. The maximum absolute atomic E-state index is 5.67. The molecule has 0 N–H and O–H groups in total. The molecule has 58 valence electrons. The van der Waals surface area contributed by atoms with Gasteiger partial charge in [-0.2, -0.15) is 0 Å². The number of hydrogen-bond donors (Lipinski definition) is 0. The highest BCUT2D eigenvalue weighted by Crippen LogP contribution is 2.18. The zero-order valence-electron chi connectivity index (χ0n) is 5.39. The molecule has 0 spiro atoms. The van der Waals surface area contributed by atoms with Crippen molar-refractivity contribution in [3.05, 3.63) is 29.3 Å². The summed E-state index contributed by atoms with van der Waals surface area (Å²) in [7, 11) is 0. The molecule has 1 aromatic carbocycles. The van der Waals surface area contributed by atoms with E-state index in [1.807, 2.05) is 0 Å². The summed E-state index contributed by atoms with van der Waals surface area (Å²) in [5, 5.41) is 0.612. The Bertz CT molecular complexity index is 279. The number of benzene rings is 1. The van der Waals surface area contributed by atoms with Gasteiger partial charge in [0.15, 0.2) is 4.63 Å². The highest BCUT2D eigenvalue weighted by atomic mass is 35.5. The summed E-state index contributed by atoms with van der Waals surface area (Å²) < 4.78 is -0.0210. The van der Waals surface area contributed by atoms with Gasteiger partial charge in [0, 0.05) is 5.02 Å². The monoisotopic (exact) mass is 207 g/mol. The minimum absolute atomic E-state index is 0.0210. The van der Waals surface area contributed by atoms with Gasteiger partial charge in [-0.3, -0.25) is 0 Å². The molecule has 0 saturated carbocycles. The molecule has 0 heterocycles. The molecule has 0 fully saturated rings. The molecule has 0 amide bonds. The van der Waals surface area contributed by atoms with Crippen molar-refractivity contribution in [3.63, 3.8) is 0 Å². The number of nitrogens with zero attached hydrogens (tertiary/aromatic N) is 1. The summed E-state index contributed by atoms with van der Waals surface area (Å²) in [5.41, 5.74) is 0.650. The standard InChI is InChI=1S/C7H4Cl3N/c8-5-2-1-3-6(4-5)11-7(9)10/h1-4H. The second-order valence-corrected chi connectivity index (χ2v) is 3.18. The summed E-state index contributed by atoms with van der Waals surface area (Å²) in [6.45, 7) is 0. The zero-order chi connectivity index (χ0) is 8.27. The lowest BCUT2D eigenvalue weighted by Crippen LogP contribution is -1.69. The zero-order valence-corrected chi connectivity index (χ0v) is 7.66. The maximum Gasteiger partial charge on any atom is 0.197 e. The third-order valence-corrected chi connectivity index (χ3v) is 1.43.